The maximum absolute atomic E-state index is 12.8. The van der Waals surface area contributed by atoms with Crippen LogP contribution in [0.5, 0.6) is 0 Å². The van der Waals surface area contributed by atoms with Crippen molar-refractivity contribution in [2.75, 3.05) is 26.4 Å². The number of hydrogen-bond donors (Lipinski definition) is 0. The average molecular weight is 338 g/mol. The number of ether oxygens (including phenoxy) is 4. The molecule has 5 heteroatoms. The zero-order chi connectivity index (χ0) is 16.5. The molecule has 0 aromatic heterocycles. The van der Waals surface area contributed by atoms with Gasteiger partial charge in [0.15, 0.2) is 0 Å². The molecule has 0 aromatic carbocycles. The molecule has 4 fully saturated rings. The van der Waals surface area contributed by atoms with Crippen LogP contribution in [-0.4, -0.2) is 43.8 Å². The average Bonchev–Trinajstić information content (AvgIpc) is 3.35. The van der Waals surface area contributed by atoms with E-state index in [1.807, 2.05) is 0 Å². The first kappa shape index (κ1) is 16.6. The van der Waals surface area contributed by atoms with E-state index in [9.17, 15) is 4.79 Å². The minimum atomic E-state index is -0.447. The zero-order valence-corrected chi connectivity index (χ0v) is 14.6. The van der Waals surface area contributed by atoms with Crippen molar-refractivity contribution in [1.82, 2.24) is 0 Å². The van der Waals surface area contributed by atoms with Gasteiger partial charge in [-0.2, -0.15) is 0 Å². The second kappa shape index (κ2) is 6.83. The van der Waals surface area contributed by atoms with Crippen LogP contribution in [0.4, 0.5) is 4.79 Å². The lowest BCUT2D eigenvalue weighted by Gasteiger charge is -2.38. The van der Waals surface area contributed by atoms with Crippen molar-refractivity contribution in [3.8, 4) is 0 Å². The molecule has 0 bridgehead atoms. The van der Waals surface area contributed by atoms with Crippen molar-refractivity contribution in [2.45, 2.75) is 75.4 Å². The Hall–Kier alpha value is -0.810. The molecule has 2 aliphatic heterocycles. The van der Waals surface area contributed by atoms with Gasteiger partial charge in [0.05, 0.1) is 13.2 Å². The fourth-order valence-electron chi connectivity index (χ4n) is 5.39. The van der Waals surface area contributed by atoms with Crippen molar-refractivity contribution in [2.24, 2.45) is 11.8 Å². The molecule has 0 aromatic rings. The number of hydrogen-bond acceptors (Lipinski definition) is 5. The predicted octanol–water partition coefficient (Wildman–Crippen LogP) is 3.84. The van der Waals surface area contributed by atoms with Crippen LogP contribution in [-0.2, 0) is 18.9 Å². The molecule has 4 aliphatic rings. The summed E-state index contributed by atoms with van der Waals surface area (Å²) in [7, 11) is 0. The normalized spacial score (nSPS) is 34.5. The molecule has 2 unspecified atom stereocenters. The van der Waals surface area contributed by atoms with Crippen LogP contribution in [0.3, 0.4) is 0 Å². The van der Waals surface area contributed by atoms with Crippen molar-refractivity contribution < 1.29 is 23.7 Å². The van der Waals surface area contributed by atoms with Crippen LogP contribution in [0, 0.1) is 11.8 Å². The summed E-state index contributed by atoms with van der Waals surface area (Å²) in [6.07, 6.45) is 9.88. The summed E-state index contributed by atoms with van der Waals surface area (Å²) in [6.45, 7) is 3.01. The summed E-state index contributed by atoms with van der Waals surface area (Å²) >= 11 is 0. The third-order valence-electron chi connectivity index (χ3n) is 6.82. The first-order valence-electron chi connectivity index (χ1n) is 9.80. The lowest BCUT2D eigenvalue weighted by Crippen LogP contribution is -2.45. The van der Waals surface area contributed by atoms with Gasteiger partial charge in [-0.3, -0.25) is 0 Å². The molecular weight excluding hydrogens is 308 g/mol. The Labute approximate surface area is 144 Å². The minimum absolute atomic E-state index is 0.335. The van der Waals surface area contributed by atoms with Crippen LogP contribution in [0.15, 0.2) is 0 Å². The molecule has 0 spiro atoms. The SMILES string of the molecule is O=C(OC1(C2CCOC2)CCCC1)OC1(C2CCOC2)CCCC1. The summed E-state index contributed by atoms with van der Waals surface area (Å²) in [6, 6.07) is 0. The lowest BCUT2D eigenvalue weighted by atomic mass is 9.84. The largest absolute Gasteiger partial charge is 0.509 e. The molecule has 2 saturated carbocycles. The van der Waals surface area contributed by atoms with Crippen molar-refractivity contribution in [3.05, 3.63) is 0 Å². The molecule has 2 aliphatic carbocycles. The topological polar surface area (TPSA) is 54.0 Å². The van der Waals surface area contributed by atoms with Crippen LogP contribution in [0.25, 0.3) is 0 Å². The van der Waals surface area contributed by atoms with E-state index in [2.05, 4.69) is 0 Å². The summed E-state index contributed by atoms with van der Waals surface area (Å²) < 4.78 is 23.2. The Balaban J connectivity index is 1.44. The number of carbonyl (C=O) groups is 1. The van der Waals surface area contributed by atoms with Gasteiger partial charge >= 0.3 is 6.16 Å². The summed E-state index contributed by atoms with van der Waals surface area (Å²) in [5, 5.41) is 0. The highest BCUT2D eigenvalue weighted by Crippen LogP contribution is 2.46. The lowest BCUT2D eigenvalue weighted by molar-refractivity contribution is -0.114. The van der Waals surface area contributed by atoms with E-state index in [0.717, 1.165) is 90.6 Å². The van der Waals surface area contributed by atoms with Gasteiger partial charge in [-0.1, -0.05) is 0 Å². The molecule has 0 radical (unpaired) electrons. The Morgan fingerprint density at radius 3 is 1.50 bits per heavy atom. The first-order valence-corrected chi connectivity index (χ1v) is 9.80. The number of carbonyl (C=O) groups excluding carboxylic acids is 1. The third-order valence-corrected chi connectivity index (χ3v) is 6.82. The van der Waals surface area contributed by atoms with Crippen molar-refractivity contribution in [1.29, 1.82) is 0 Å². The first-order chi connectivity index (χ1) is 11.7. The molecular formula is C19H30O5. The minimum Gasteiger partial charge on any atom is -0.427 e. The standard InChI is InChI=1S/C19H30O5/c20-17(23-18(7-1-2-8-18)15-5-11-21-13-15)24-19(9-3-4-10-19)16-6-12-22-14-16/h15-16H,1-14H2. The van der Waals surface area contributed by atoms with Gasteiger partial charge in [0.2, 0.25) is 0 Å². The van der Waals surface area contributed by atoms with E-state index >= 15 is 0 Å². The van der Waals surface area contributed by atoms with Crippen LogP contribution < -0.4 is 0 Å². The molecule has 5 nitrogen and oxygen atoms in total. The van der Waals surface area contributed by atoms with E-state index in [-0.39, 0.29) is 11.2 Å². The summed E-state index contributed by atoms with van der Waals surface area (Å²) in [4.78, 5) is 12.8. The second-order valence-corrected chi connectivity index (χ2v) is 8.12. The highest BCUT2D eigenvalue weighted by atomic mass is 16.7. The van der Waals surface area contributed by atoms with Crippen LogP contribution in [0.2, 0.25) is 0 Å². The van der Waals surface area contributed by atoms with Crippen LogP contribution in [0.1, 0.15) is 64.2 Å². The summed E-state index contributed by atoms with van der Waals surface area (Å²) in [5.41, 5.74) is -0.695. The van der Waals surface area contributed by atoms with Gasteiger partial charge in [-0.15, -0.1) is 0 Å². The fraction of sp³-hybridized carbons (Fsp3) is 0.947. The van der Waals surface area contributed by atoms with Gasteiger partial charge in [0.25, 0.3) is 0 Å². The molecule has 0 amide bonds. The van der Waals surface area contributed by atoms with E-state index in [0.29, 0.717) is 11.8 Å². The molecule has 136 valence electrons. The predicted molar refractivity (Wildman–Crippen MR) is 87.8 cm³/mol. The Bertz CT molecular complexity index is 399. The maximum Gasteiger partial charge on any atom is 0.509 e. The van der Waals surface area contributed by atoms with Gasteiger partial charge in [-0.05, 0) is 64.2 Å². The Kier molecular flexibility index (Phi) is 4.74. The van der Waals surface area contributed by atoms with Crippen LogP contribution >= 0.6 is 0 Å². The number of rotatable bonds is 4. The van der Waals surface area contributed by atoms with E-state index < -0.39 is 6.16 Å². The Morgan fingerprint density at radius 2 is 1.17 bits per heavy atom. The molecule has 24 heavy (non-hydrogen) atoms. The van der Waals surface area contributed by atoms with Gasteiger partial charge in [0.1, 0.15) is 11.2 Å². The van der Waals surface area contributed by atoms with Gasteiger partial charge < -0.3 is 18.9 Å². The highest BCUT2D eigenvalue weighted by Gasteiger charge is 2.50. The van der Waals surface area contributed by atoms with Gasteiger partial charge in [-0.25, -0.2) is 4.79 Å². The molecule has 2 atom stereocenters. The zero-order valence-electron chi connectivity index (χ0n) is 14.6. The molecule has 2 heterocycles. The van der Waals surface area contributed by atoms with E-state index in [4.69, 9.17) is 18.9 Å². The third kappa shape index (κ3) is 3.05. The van der Waals surface area contributed by atoms with E-state index in [1.54, 1.807) is 0 Å². The molecule has 4 rings (SSSR count). The fourth-order valence-corrected chi connectivity index (χ4v) is 5.39. The second-order valence-electron chi connectivity index (χ2n) is 8.12. The smallest absolute Gasteiger partial charge is 0.427 e. The quantitative estimate of drug-likeness (QED) is 0.729. The van der Waals surface area contributed by atoms with Crippen molar-refractivity contribution >= 4 is 6.16 Å². The Morgan fingerprint density at radius 1 is 0.750 bits per heavy atom. The summed E-state index contributed by atoms with van der Waals surface area (Å²) in [5.74, 6) is 0.670. The van der Waals surface area contributed by atoms with Gasteiger partial charge in [0, 0.05) is 25.0 Å². The monoisotopic (exact) mass is 338 g/mol. The molecule has 2 saturated heterocycles. The molecule has 0 N–H and O–H groups in total. The van der Waals surface area contributed by atoms with E-state index in [1.165, 1.54) is 0 Å². The van der Waals surface area contributed by atoms with Crippen molar-refractivity contribution in [3.63, 3.8) is 0 Å². The maximum atomic E-state index is 12.8. The highest BCUT2D eigenvalue weighted by molar-refractivity contribution is 5.61.